The summed E-state index contributed by atoms with van der Waals surface area (Å²) in [5.74, 6) is 1.24. The topological polar surface area (TPSA) is 87.7 Å². The van der Waals surface area contributed by atoms with E-state index in [2.05, 4.69) is 20.2 Å². The van der Waals surface area contributed by atoms with Gasteiger partial charge >= 0.3 is 0 Å². The molecule has 2 aromatic rings. The number of rotatable bonds is 4. The number of ether oxygens (including phenoxy) is 1. The SMILES string of the molecule is COc1cc(CC(=O)N2CCN(c3ccnc4c3CC(=O)N4)CC2)ccn1. The molecule has 0 aromatic carbocycles. The molecule has 0 atom stereocenters. The maximum absolute atomic E-state index is 12.6. The summed E-state index contributed by atoms with van der Waals surface area (Å²) in [4.78, 5) is 36.7. The van der Waals surface area contributed by atoms with Crippen LogP contribution in [0.5, 0.6) is 5.88 Å². The maximum atomic E-state index is 12.6. The molecule has 27 heavy (non-hydrogen) atoms. The average Bonchev–Trinajstić information content (AvgIpc) is 3.08. The highest BCUT2D eigenvalue weighted by atomic mass is 16.5. The van der Waals surface area contributed by atoms with Crippen molar-refractivity contribution in [1.29, 1.82) is 0 Å². The van der Waals surface area contributed by atoms with Crippen LogP contribution in [0.4, 0.5) is 11.5 Å². The van der Waals surface area contributed by atoms with Crippen molar-refractivity contribution in [2.45, 2.75) is 12.8 Å². The van der Waals surface area contributed by atoms with Crippen LogP contribution in [0.2, 0.25) is 0 Å². The molecular weight excluding hydrogens is 346 g/mol. The third-order valence-corrected chi connectivity index (χ3v) is 4.96. The van der Waals surface area contributed by atoms with Crippen molar-refractivity contribution < 1.29 is 14.3 Å². The molecule has 1 saturated heterocycles. The molecule has 0 saturated carbocycles. The first-order valence-electron chi connectivity index (χ1n) is 8.93. The molecule has 4 rings (SSSR count). The van der Waals surface area contributed by atoms with Crippen LogP contribution in [-0.2, 0) is 22.4 Å². The van der Waals surface area contributed by atoms with Gasteiger partial charge < -0.3 is 19.9 Å². The van der Waals surface area contributed by atoms with E-state index in [0.717, 1.165) is 29.9 Å². The van der Waals surface area contributed by atoms with Crippen LogP contribution >= 0.6 is 0 Å². The molecule has 8 nitrogen and oxygen atoms in total. The van der Waals surface area contributed by atoms with Crippen molar-refractivity contribution in [3.05, 3.63) is 41.7 Å². The van der Waals surface area contributed by atoms with Crippen LogP contribution in [-0.4, -0.2) is 60.0 Å². The van der Waals surface area contributed by atoms with Gasteiger partial charge in [0.2, 0.25) is 17.7 Å². The van der Waals surface area contributed by atoms with E-state index in [1.807, 2.05) is 17.0 Å². The summed E-state index contributed by atoms with van der Waals surface area (Å²) in [6.07, 6.45) is 4.07. The Morgan fingerprint density at radius 3 is 2.74 bits per heavy atom. The van der Waals surface area contributed by atoms with Crippen LogP contribution < -0.4 is 15.0 Å². The van der Waals surface area contributed by atoms with E-state index in [1.54, 1.807) is 25.6 Å². The minimum absolute atomic E-state index is 0.0217. The Bertz CT molecular complexity index is 877. The first-order chi connectivity index (χ1) is 13.1. The summed E-state index contributed by atoms with van der Waals surface area (Å²) in [6.45, 7) is 2.77. The van der Waals surface area contributed by atoms with Crippen LogP contribution in [0, 0.1) is 0 Å². The maximum Gasteiger partial charge on any atom is 0.230 e. The Kier molecular flexibility index (Phi) is 4.62. The first-order valence-corrected chi connectivity index (χ1v) is 8.93. The molecular formula is C19H21N5O3. The lowest BCUT2D eigenvalue weighted by Gasteiger charge is -2.36. The summed E-state index contributed by atoms with van der Waals surface area (Å²) in [5.41, 5.74) is 2.88. The van der Waals surface area contributed by atoms with Gasteiger partial charge in [-0.1, -0.05) is 0 Å². The molecule has 2 aliphatic rings. The number of amides is 2. The summed E-state index contributed by atoms with van der Waals surface area (Å²) < 4.78 is 5.11. The number of hydrogen-bond acceptors (Lipinski definition) is 6. The van der Waals surface area contributed by atoms with E-state index in [0.29, 0.717) is 37.6 Å². The number of methoxy groups -OCH3 is 1. The molecule has 1 N–H and O–H groups in total. The average molecular weight is 367 g/mol. The van der Waals surface area contributed by atoms with Gasteiger partial charge in [0.25, 0.3) is 0 Å². The lowest BCUT2D eigenvalue weighted by atomic mass is 10.1. The number of anilines is 2. The van der Waals surface area contributed by atoms with Crippen LogP contribution in [0.25, 0.3) is 0 Å². The van der Waals surface area contributed by atoms with E-state index < -0.39 is 0 Å². The van der Waals surface area contributed by atoms with Gasteiger partial charge in [0.1, 0.15) is 5.82 Å². The van der Waals surface area contributed by atoms with Crippen molar-refractivity contribution >= 4 is 23.3 Å². The normalized spacial score (nSPS) is 16.1. The zero-order valence-electron chi connectivity index (χ0n) is 15.1. The third kappa shape index (κ3) is 3.55. The summed E-state index contributed by atoms with van der Waals surface area (Å²) in [6, 6.07) is 5.57. The Balaban J connectivity index is 1.39. The highest BCUT2D eigenvalue weighted by Crippen LogP contribution is 2.31. The quantitative estimate of drug-likeness (QED) is 0.863. The molecule has 0 radical (unpaired) electrons. The third-order valence-electron chi connectivity index (χ3n) is 4.96. The van der Waals surface area contributed by atoms with Crippen LogP contribution in [0.1, 0.15) is 11.1 Å². The number of fused-ring (bicyclic) bond motifs is 1. The lowest BCUT2D eigenvalue weighted by Crippen LogP contribution is -2.49. The fourth-order valence-electron chi connectivity index (χ4n) is 3.55. The van der Waals surface area contributed by atoms with Crippen molar-refractivity contribution in [2.24, 2.45) is 0 Å². The highest BCUT2D eigenvalue weighted by molar-refractivity contribution is 6.00. The van der Waals surface area contributed by atoms with E-state index in [4.69, 9.17) is 4.74 Å². The van der Waals surface area contributed by atoms with Gasteiger partial charge in [0.05, 0.1) is 20.0 Å². The molecule has 4 heterocycles. The van der Waals surface area contributed by atoms with Gasteiger partial charge in [-0.05, 0) is 17.7 Å². The number of pyridine rings is 2. The minimum Gasteiger partial charge on any atom is -0.481 e. The zero-order valence-corrected chi connectivity index (χ0v) is 15.1. The molecule has 2 aliphatic heterocycles. The predicted octanol–water partition coefficient (Wildman–Crippen LogP) is 0.871. The molecule has 2 amide bonds. The van der Waals surface area contributed by atoms with Gasteiger partial charge in [0, 0.05) is 55.9 Å². The second-order valence-corrected chi connectivity index (χ2v) is 6.63. The predicted molar refractivity (Wildman–Crippen MR) is 99.9 cm³/mol. The van der Waals surface area contributed by atoms with Crippen molar-refractivity contribution in [1.82, 2.24) is 14.9 Å². The van der Waals surface area contributed by atoms with Gasteiger partial charge in [-0.25, -0.2) is 9.97 Å². The molecule has 140 valence electrons. The van der Waals surface area contributed by atoms with Crippen molar-refractivity contribution in [2.75, 3.05) is 43.5 Å². The van der Waals surface area contributed by atoms with E-state index in [1.165, 1.54) is 0 Å². The lowest BCUT2D eigenvalue weighted by molar-refractivity contribution is -0.130. The summed E-state index contributed by atoms with van der Waals surface area (Å²) >= 11 is 0. The number of piperazine rings is 1. The largest absolute Gasteiger partial charge is 0.481 e. The van der Waals surface area contributed by atoms with E-state index in [9.17, 15) is 9.59 Å². The fraction of sp³-hybridized carbons (Fsp3) is 0.368. The number of hydrogen-bond donors (Lipinski definition) is 1. The summed E-state index contributed by atoms with van der Waals surface area (Å²) in [7, 11) is 1.56. The minimum atomic E-state index is -0.0217. The smallest absolute Gasteiger partial charge is 0.230 e. The van der Waals surface area contributed by atoms with Crippen LogP contribution in [0.15, 0.2) is 30.6 Å². The van der Waals surface area contributed by atoms with E-state index in [-0.39, 0.29) is 11.8 Å². The molecule has 8 heteroatoms. The number of nitrogens with zero attached hydrogens (tertiary/aromatic N) is 4. The Morgan fingerprint density at radius 1 is 1.19 bits per heavy atom. The second kappa shape index (κ2) is 7.22. The Hall–Kier alpha value is -3.16. The van der Waals surface area contributed by atoms with Crippen molar-refractivity contribution in [3.8, 4) is 5.88 Å². The molecule has 0 aliphatic carbocycles. The molecule has 2 aromatic heterocycles. The first kappa shape index (κ1) is 17.3. The van der Waals surface area contributed by atoms with Gasteiger partial charge in [0.15, 0.2) is 0 Å². The Labute approximate surface area is 157 Å². The van der Waals surface area contributed by atoms with Gasteiger partial charge in [-0.3, -0.25) is 9.59 Å². The van der Waals surface area contributed by atoms with Crippen molar-refractivity contribution in [3.63, 3.8) is 0 Å². The number of carbonyl (C=O) groups is 2. The second-order valence-electron chi connectivity index (χ2n) is 6.63. The van der Waals surface area contributed by atoms with Crippen LogP contribution in [0.3, 0.4) is 0 Å². The zero-order chi connectivity index (χ0) is 18.8. The molecule has 0 bridgehead atoms. The van der Waals surface area contributed by atoms with Gasteiger partial charge in [-0.2, -0.15) is 0 Å². The monoisotopic (exact) mass is 367 g/mol. The number of nitrogens with one attached hydrogen (secondary N) is 1. The number of carbonyl (C=O) groups excluding carboxylic acids is 2. The fourth-order valence-corrected chi connectivity index (χ4v) is 3.55. The van der Waals surface area contributed by atoms with Gasteiger partial charge in [-0.15, -0.1) is 0 Å². The Morgan fingerprint density at radius 2 is 1.96 bits per heavy atom. The van der Waals surface area contributed by atoms with E-state index >= 15 is 0 Å². The molecule has 0 unspecified atom stereocenters. The molecule has 1 fully saturated rings. The highest BCUT2D eigenvalue weighted by Gasteiger charge is 2.27. The number of aromatic nitrogens is 2. The standard InChI is InChI=1S/C19H21N5O3/c1-27-17-10-13(2-4-20-17)11-18(26)24-8-6-23(7-9-24)15-3-5-21-19-14(15)12-16(25)22-19/h2-5,10H,6-9,11-12H2,1H3,(H,21,22,25). The molecule has 0 spiro atoms. The summed E-state index contributed by atoms with van der Waals surface area (Å²) in [5, 5.41) is 2.78.